The van der Waals surface area contributed by atoms with Gasteiger partial charge in [-0.3, -0.25) is 9.12 Å². The normalized spacial score (nSPS) is 11.8. The summed E-state index contributed by atoms with van der Waals surface area (Å²) in [5, 5.41) is 2.35. The van der Waals surface area contributed by atoms with Crippen LogP contribution in [0.1, 0.15) is 5.56 Å². The predicted molar refractivity (Wildman–Crippen MR) is 106 cm³/mol. The quantitative estimate of drug-likeness (QED) is 0.531. The summed E-state index contributed by atoms with van der Waals surface area (Å²) in [4.78, 5) is 5.63. The van der Waals surface area contributed by atoms with Crippen molar-refractivity contribution < 1.29 is 8.42 Å². The Hall–Kier alpha value is -2.35. The van der Waals surface area contributed by atoms with Crippen LogP contribution in [0.3, 0.4) is 0 Å². The van der Waals surface area contributed by atoms with Crippen molar-refractivity contribution in [2.24, 2.45) is 0 Å². The third-order valence-electron chi connectivity index (χ3n) is 3.97. The van der Waals surface area contributed by atoms with E-state index in [1.165, 1.54) is 6.07 Å². The molecule has 5 nitrogen and oxygen atoms in total. The Morgan fingerprint density at radius 3 is 2.65 bits per heavy atom. The van der Waals surface area contributed by atoms with Gasteiger partial charge < -0.3 is 0 Å². The van der Waals surface area contributed by atoms with Gasteiger partial charge in [-0.25, -0.2) is 13.4 Å². The molecule has 2 aromatic heterocycles. The zero-order chi connectivity index (χ0) is 18.3. The molecule has 0 fully saturated rings. The van der Waals surface area contributed by atoms with E-state index in [1.807, 2.05) is 34.3 Å². The number of sulfonamides is 1. The lowest BCUT2D eigenvalue weighted by molar-refractivity contribution is 0.600. The summed E-state index contributed by atoms with van der Waals surface area (Å²) in [6.45, 7) is 1.73. The molecule has 0 aliphatic rings. The van der Waals surface area contributed by atoms with Crippen LogP contribution in [-0.4, -0.2) is 17.8 Å². The molecule has 0 atom stereocenters. The van der Waals surface area contributed by atoms with Gasteiger partial charge >= 0.3 is 0 Å². The minimum absolute atomic E-state index is 0.170. The maximum atomic E-state index is 12.6. The first kappa shape index (κ1) is 17.1. The van der Waals surface area contributed by atoms with E-state index in [9.17, 15) is 8.42 Å². The summed E-state index contributed by atoms with van der Waals surface area (Å²) in [5.74, 6) is 0. The van der Waals surface area contributed by atoms with Crippen molar-refractivity contribution in [3.63, 3.8) is 0 Å². The lowest BCUT2D eigenvalue weighted by Gasteiger charge is -2.11. The van der Waals surface area contributed by atoms with Gasteiger partial charge in [0.1, 0.15) is 0 Å². The molecule has 0 spiro atoms. The van der Waals surface area contributed by atoms with Crippen LogP contribution in [0.15, 0.2) is 65.1 Å². The SMILES string of the molecule is Cc1ccc(Cl)cc1S(=O)(=O)Nc1ccc(-c2cn3ccsc3n2)cc1. The van der Waals surface area contributed by atoms with E-state index < -0.39 is 10.0 Å². The molecule has 0 saturated carbocycles. The minimum atomic E-state index is -3.71. The fraction of sp³-hybridized carbons (Fsp3) is 0.0556. The Bertz CT molecular complexity index is 1170. The zero-order valence-corrected chi connectivity index (χ0v) is 16.1. The van der Waals surface area contributed by atoms with Crippen LogP contribution in [0.4, 0.5) is 5.69 Å². The monoisotopic (exact) mass is 403 g/mol. The molecule has 8 heteroatoms. The third kappa shape index (κ3) is 3.21. The first-order valence-corrected chi connectivity index (χ1v) is 10.5. The highest BCUT2D eigenvalue weighted by molar-refractivity contribution is 7.92. The van der Waals surface area contributed by atoms with E-state index in [2.05, 4.69) is 9.71 Å². The molecule has 26 heavy (non-hydrogen) atoms. The number of aryl methyl sites for hydroxylation is 1. The molecular weight excluding hydrogens is 390 g/mol. The van der Waals surface area contributed by atoms with Crippen molar-refractivity contribution in [2.45, 2.75) is 11.8 Å². The first-order valence-electron chi connectivity index (χ1n) is 7.74. The largest absolute Gasteiger partial charge is 0.297 e. The number of hydrogen-bond acceptors (Lipinski definition) is 4. The summed E-state index contributed by atoms with van der Waals surface area (Å²) in [5.41, 5.74) is 2.88. The maximum absolute atomic E-state index is 12.6. The van der Waals surface area contributed by atoms with E-state index in [4.69, 9.17) is 11.6 Å². The predicted octanol–water partition coefficient (Wildman–Crippen LogP) is 4.83. The van der Waals surface area contributed by atoms with Gasteiger partial charge in [-0.05, 0) is 36.8 Å². The highest BCUT2D eigenvalue weighted by Gasteiger charge is 2.17. The van der Waals surface area contributed by atoms with Crippen LogP contribution in [0.25, 0.3) is 16.2 Å². The highest BCUT2D eigenvalue weighted by atomic mass is 35.5. The van der Waals surface area contributed by atoms with Gasteiger partial charge in [0.25, 0.3) is 10.0 Å². The third-order valence-corrected chi connectivity index (χ3v) is 6.49. The summed E-state index contributed by atoms with van der Waals surface area (Å²) < 4.78 is 29.8. The van der Waals surface area contributed by atoms with E-state index in [0.29, 0.717) is 16.3 Å². The number of fused-ring (bicyclic) bond motifs is 1. The van der Waals surface area contributed by atoms with Crippen LogP contribution in [0.5, 0.6) is 0 Å². The molecule has 0 unspecified atom stereocenters. The summed E-state index contributed by atoms with van der Waals surface area (Å²) in [6.07, 6.45) is 3.90. The molecule has 0 radical (unpaired) electrons. The van der Waals surface area contributed by atoms with Crippen molar-refractivity contribution in [1.82, 2.24) is 9.38 Å². The number of nitrogens with zero attached hydrogens (tertiary/aromatic N) is 2. The number of thiazole rings is 1. The van der Waals surface area contributed by atoms with Gasteiger partial charge in [-0.15, -0.1) is 11.3 Å². The Morgan fingerprint density at radius 2 is 1.92 bits per heavy atom. The van der Waals surface area contributed by atoms with Crippen molar-refractivity contribution >= 4 is 43.6 Å². The first-order chi connectivity index (χ1) is 12.4. The number of hydrogen-bond donors (Lipinski definition) is 1. The molecule has 2 heterocycles. The average molecular weight is 404 g/mol. The number of aromatic nitrogens is 2. The molecule has 0 aliphatic heterocycles. The molecular formula is C18H14ClN3O2S2. The minimum Gasteiger partial charge on any atom is -0.297 e. The molecule has 0 saturated heterocycles. The van der Waals surface area contributed by atoms with Crippen LogP contribution < -0.4 is 4.72 Å². The second-order valence-corrected chi connectivity index (χ2v) is 8.77. The average Bonchev–Trinajstić information content (AvgIpc) is 3.19. The van der Waals surface area contributed by atoms with Crippen LogP contribution >= 0.6 is 22.9 Å². The fourth-order valence-corrected chi connectivity index (χ4v) is 4.92. The Morgan fingerprint density at radius 1 is 1.15 bits per heavy atom. The standard InChI is InChI=1S/C18H14ClN3O2S2/c1-12-2-5-14(19)10-17(12)26(23,24)21-15-6-3-13(4-7-15)16-11-22-8-9-25-18(22)20-16/h2-11,21H,1H3. The second kappa shape index (κ2) is 6.42. The molecule has 1 N–H and O–H groups in total. The summed E-state index contributed by atoms with van der Waals surface area (Å²) in [7, 11) is -3.71. The van der Waals surface area contributed by atoms with E-state index in [0.717, 1.165) is 16.2 Å². The van der Waals surface area contributed by atoms with Crippen molar-refractivity contribution in [1.29, 1.82) is 0 Å². The summed E-state index contributed by atoms with van der Waals surface area (Å²) >= 11 is 7.50. The van der Waals surface area contributed by atoms with Crippen molar-refractivity contribution in [3.05, 3.63) is 70.8 Å². The van der Waals surface area contributed by atoms with E-state index in [-0.39, 0.29) is 4.90 Å². The smallest absolute Gasteiger partial charge is 0.262 e. The van der Waals surface area contributed by atoms with Gasteiger partial charge in [0.15, 0.2) is 4.96 Å². The number of rotatable bonds is 4. The number of benzene rings is 2. The molecule has 0 aliphatic carbocycles. The Labute approximate surface area is 160 Å². The Kier molecular flexibility index (Phi) is 4.22. The van der Waals surface area contributed by atoms with Gasteiger partial charge in [0.2, 0.25) is 0 Å². The molecule has 0 bridgehead atoms. The van der Waals surface area contributed by atoms with Crippen LogP contribution in [-0.2, 0) is 10.0 Å². The van der Waals surface area contributed by atoms with E-state index in [1.54, 1.807) is 42.5 Å². The zero-order valence-electron chi connectivity index (χ0n) is 13.7. The lowest BCUT2D eigenvalue weighted by atomic mass is 10.1. The number of imidazole rings is 1. The van der Waals surface area contributed by atoms with Gasteiger partial charge in [0, 0.05) is 34.0 Å². The van der Waals surface area contributed by atoms with Crippen molar-refractivity contribution in [2.75, 3.05) is 4.72 Å². The Balaban J connectivity index is 1.60. The number of halogens is 1. The molecule has 4 aromatic rings. The number of anilines is 1. The topological polar surface area (TPSA) is 63.5 Å². The maximum Gasteiger partial charge on any atom is 0.262 e. The van der Waals surface area contributed by atoms with Crippen molar-refractivity contribution in [3.8, 4) is 11.3 Å². The second-order valence-electron chi connectivity index (χ2n) is 5.81. The molecule has 132 valence electrons. The lowest BCUT2D eigenvalue weighted by Crippen LogP contribution is -2.14. The van der Waals surface area contributed by atoms with Crippen LogP contribution in [0, 0.1) is 6.92 Å². The van der Waals surface area contributed by atoms with E-state index >= 15 is 0 Å². The van der Waals surface area contributed by atoms with Crippen LogP contribution in [0.2, 0.25) is 5.02 Å². The summed E-state index contributed by atoms with van der Waals surface area (Å²) in [6, 6.07) is 11.9. The highest BCUT2D eigenvalue weighted by Crippen LogP contribution is 2.26. The molecule has 4 rings (SSSR count). The van der Waals surface area contributed by atoms with Gasteiger partial charge in [-0.1, -0.05) is 29.8 Å². The molecule has 2 aromatic carbocycles. The number of nitrogens with one attached hydrogen (secondary N) is 1. The molecule has 0 amide bonds. The van der Waals surface area contributed by atoms with Gasteiger partial charge in [-0.2, -0.15) is 0 Å². The fourth-order valence-electron chi connectivity index (χ4n) is 2.65. The van der Waals surface area contributed by atoms with Gasteiger partial charge in [0.05, 0.1) is 10.6 Å².